The lowest BCUT2D eigenvalue weighted by atomic mass is 9.97. The first-order valence-corrected chi connectivity index (χ1v) is 6.99. The van der Waals surface area contributed by atoms with Crippen LogP contribution in [0.25, 0.3) is 6.08 Å². The molecule has 21 heavy (non-hydrogen) atoms. The highest BCUT2D eigenvalue weighted by atomic mass is 16.4. The van der Waals surface area contributed by atoms with Gasteiger partial charge in [0.1, 0.15) is 0 Å². The molecular weight excluding hydrogens is 266 g/mol. The minimum atomic E-state index is -0.987. The van der Waals surface area contributed by atoms with E-state index in [0.29, 0.717) is 5.56 Å². The number of aliphatic carboxylic acids is 1. The SMILES string of the molecule is CCC(C)(C)N(C)C(=O)c1ccc(/C=C/C(=O)O)c(C)c1. The zero-order chi connectivity index (χ0) is 16.2. The van der Waals surface area contributed by atoms with Crippen molar-refractivity contribution in [2.24, 2.45) is 0 Å². The first-order valence-electron chi connectivity index (χ1n) is 6.99. The van der Waals surface area contributed by atoms with E-state index >= 15 is 0 Å². The molecule has 0 aliphatic heterocycles. The van der Waals surface area contributed by atoms with Crippen molar-refractivity contribution in [3.8, 4) is 0 Å². The van der Waals surface area contributed by atoms with Crippen LogP contribution < -0.4 is 0 Å². The number of carboxylic acid groups (broad SMARTS) is 1. The van der Waals surface area contributed by atoms with Crippen molar-refractivity contribution < 1.29 is 14.7 Å². The van der Waals surface area contributed by atoms with Crippen molar-refractivity contribution in [2.45, 2.75) is 39.7 Å². The lowest BCUT2D eigenvalue weighted by Gasteiger charge is -2.35. The number of rotatable bonds is 5. The molecule has 0 spiro atoms. The Labute approximate surface area is 126 Å². The molecule has 0 radical (unpaired) electrons. The molecule has 0 heterocycles. The number of nitrogens with zero attached hydrogens (tertiary/aromatic N) is 1. The molecule has 0 aliphatic carbocycles. The monoisotopic (exact) mass is 289 g/mol. The number of hydrogen-bond acceptors (Lipinski definition) is 2. The van der Waals surface area contributed by atoms with Gasteiger partial charge < -0.3 is 10.0 Å². The number of carbonyl (C=O) groups excluding carboxylic acids is 1. The van der Waals surface area contributed by atoms with Crippen LogP contribution in [0, 0.1) is 6.92 Å². The fraction of sp³-hybridized carbons (Fsp3) is 0.412. The Morgan fingerprint density at radius 1 is 1.33 bits per heavy atom. The number of amides is 1. The third-order valence-corrected chi connectivity index (χ3v) is 4.00. The summed E-state index contributed by atoms with van der Waals surface area (Å²) in [6.07, 6.45) is 3.50. The Bertz CT molecular complexity index is 573. The van der Waals surface area contributed by atoms with Gasteiger partial charge in [0.15, 0.2) is 0 Å². The van der Waals surface area contributed by atoms with Crippen LogP contribution in [0.5, 0.6) is 0 Å². The van der Waals surface area contributed by atoms with Gasteiger partial charge in [-0.15, -0.1) is 0 Å². The van der Waals surface area contributed by atoms with Crippen LogP contribution in [-0.2, 0) is 4.79 Å². The molecule has 4 nitrogen and oxygen atoms in total. The van der Waals surface area contributed by atoms with Crippen molar-refractivity contribution in [3.63, 3.8) is 0 Å². The Morgan fingerprint density at radius 2 is 1.95 bits per heavy atom. The van der Waals surface area contributed by atoms with E-state index in [-0.39, 0.29) is 11.4 Å². The largest absolute Gasteiger partial charge is 0.478 e. The summed E-state index contributed by atoms with van der Waals surface area (Å²) in [4.78, 5) is 24.8. The van der Waals surface area contributed by atoms with Gasteiger partial charge in [-0.2, -0.15) is 0 Å². The number of benzene rings is 1. The van der Waals surface area contributed by atoms with Gasteiger partial charge >= 0.3 is 5.97 Å². The normalized spacial score (nSPS) is 11.7. The summed E-state index contributed by atoms with van der Waals surface area (Å²) in [5.74, 6) is -1.02. The van der Waals surface area contributed by atoms with Crippen LogP contribution in [0.4, 0.5) is 0 Å². The maximum absolute atomic E-state index is 12.5. The molecule has 0 aliphatic rings. The second kappa shape index (κ2) is 6.57. The third kappa shape index (κ3) is 4.18. The topological polar surface area (TPSA) is 57.6 Å². The molecule has 114 valence electrons. The van der Waals surface area contributed by atoms with Gasteiger partial charge in [0, 0.05) is 24.2 Å². The van der Waals surface area contributed by atoms with Crippen LogP contribution in [0.15, 0.2) is 24.3 Å². The summed E-state index contributed by atoms with van der Waals surface area (Å²) in [5.41, 5.74) is 2.09. The molecule has 0 saturated carbocycles. The fourth-order valence-electron chi connectivity index (χ4n) is 1.86. The molecule has 0 bridgehead atoms. The van der Waals surface area contributed by atoms with E-state index in [1.165, 1.54) is 6.08 Å². The summed E-state index contributed by atoms with van der Waals surface area (Å²) in [6.45, 7) is 7.97. The maximum atomic E-state index is 12.5. The number of hydrogen-bond donors (Lipinski definition) is 1. The van der Waals surface area contributed by atoms with Gasteiger partial charge in [-0.3, -0.25) is 4.79 Å². The second-order valence-corrected chi connectivity index (χ2v) is 5.77. The van der Waals surface area contributed by atoms with Crippen molar-refractivity contribution in [1.29, 1.82) is 0 Å². The minimum Gasteiger partial charge on any atom is -0.478 e. The highest BCUT2D eigenvalue weighted by Crippen LogP contribution is 2.21. The van der Waals surface area contributed by atoms with Crippen molar-refractivity contribution >= 4 is 18.0 Å². The van der Waals surface area contributed by atoms with E-state index in [9.17, 15) is 9.59 Å². The zero-order valence-corrected chi connectivity index (χ0v) is 13.3. The van der Waals surface area contributed by atoms with E-state index in [2.05, 4.69) is 6.92 Å². The zero-order valence-electron chi connectivity index (χ0n) is 13.3. The Hall–Kier alpha value is -2.10. The molecule has 1 N–H and O–H groups in total. The lowest BCUT2D eigenvalue weighted by molar-refractivity contribution is -0.131. The predicted molar refractivity (Wildman–Crippen MR) is 84.3 cm³/mol. The maximum Gasteiger partial charge on any atom is 0.328 e. The average molecular weight is 289 g/mol. The lowest BCUT2D eigenvalue weighted by Crippen LogP contribution is -2.44. The van der Waals surface area contributed by atoms with Gasteiger partial charge in [0.2, 0.25) is 0 Å². The average Bonchev–Trinajstić information content (AvgIpc) is 2.44. The second-order valence-electron chi connectivity index (χ2n) is 5.77. The van der Waals surface area contributed by atoms with Crippen molar-refractivity contribution in [1.82, 2.24) is 4.90 Å². The molecule has 4 heteroatoms. The van der Waals surface area contributed by atoms with Crippen LogP contribution in [0.1, 0.15) is 48.7 Å². The van der Waals surface area contributed by atoms with E-state index in [0.717, 1.165) is 23.6 Å². The van der Waals surface area contributed by atoms with Gasteiger partial charge in [0.25, 0.3) is 5.91 Å². The standard InChI is InChI=1S/C17H23NO3/c1-6-17(3,4)18(5)16(21)14-8-7-13(12(2)11-14)9-10-15(19)20/h7-11H,6H2,1-5H3,(H,19,20)/b10-9+. The van der Waals surface area contributed by atoms with Gasteiger partial charge in [-0.25, -0.2) is 4.79 Å². The number of carboxylic acids is 1. The van der Waals surface area contributed by atoms with Crippen LogP contribution in [-0.4, -0.2) is 34.5 Å². The fourth-order valence-corrected chi connectivity index (χ4v) is 1.86. The van der Waals surface area contributed by atoms with E-state index < -0.39 is 5.97 Å². The highest BCUT2D eigenvalue weighted by molar-refractivity contribution is 5.95. The molecular formula is C17H23NO3. The molecule has 1 rings (SSSR count). The number of carbonyl (C=O) groups is 2. The summed E-state index contributed by atoms with van der Waals surface area (Å²) < 4.78 is 0. The van der Waals surface area contributed by atoms with Crippen LogP contribution >= 0.6 is 0 Å². The third-order valence-electron chi connectivity index (χ3n) is 4.00. The van der Waals surface area contributed by atoms with E-state index in [1.807, 2.05) is 20.8 Å². The van der Waals surface area contributed by atoms with Gasteiger partial charge in [-0.1, -0.05) is 13.0 Å². The molecule has 0 aromatic heterocycles. The summed E-state index contributed by atoms with van der Waals surface area (Å²) >= 11 is 0. The van der Waals surface area contributed by atoms with Crippen molar-refractivity contribution in [3.05, 3.63) is 41.0 Å². The molecule has 0 fully saturated rings. The molecule has 0 saturated heterocycles. The molecule has 1 aromatic carbocycles. The van der Waals surface area contributed by atoms with E-state index in [1.54, 1.807) is 30.1 Å². The Kier molecular flexibility index (Phi) is 5.30. The molecule has 1 aromatic rings. The smallest absolute Gasteiger partial charge is 0.328 e. The first-order chi connectivity index (χ1) is 9.69. The first kappa shape index (κ1) is 17.0. The number of aryl methyl sites for hydroxylation is 1. The van der Waals surface area contributed by atoms with Gasteiger partial charge in [-0.05, 0) is 56.5 Å². The highest BCUT2D eigenvalue weighted by Gasteiger charge is 2.26. The molecule has 1 amide bonds. The van der Waals surface area contributed by atoms with Gasteiger partial charge in [0.05, 0.1) is 0 Å². The minimum absolute atomic E-state index is 0.0290. The quantitative estimate of drug-likeness (QED) is 0.846. The summed E-state index contributed by atoms with van der Waals surface area (Å²) in [5, 5.41) is 8.65. The van der Waals surface area contributed by atoms with Crippen LogP contribution in [0.2, 0.25) is 0 Å². The molecule has 0 unspecified atom stereocenters. The predicted octanol–water partition coefficient (Wildman–Crippen LogP) is 3.35. The van der Waals surface area contributed by atoms with Crippen LogP contribution in [0.3, 0.4) is 0 Å². The Balaban J connectivity index is 3.04. The summed E-state index contributed by atoms with van der Waals surface area (Å²) in [6, 6.07) is 5.31. The molecule has 0 atom stereocenters. The van der Waals surface area contributed by atoms with Crippen molar-refractivity contribution in [2.75, 3.05) is 7.05 Å². The van der Waals surface area contributed by atoms with E-state index in [4.69, 9.17) is 5.11 Å². The summed E-state index contributed by atoms with van der Waals surface area (Å²) in [7, 11) is 1.80. The Morgan fingerprint density at radius 3 is 2.43 bits per heavy atom.